The lowest BCUT2D eigenvalue weighted by Gasteiger charge is -2.38. The van der Waals surface area contributed by atoms with E-state index in [1.54, 1.807) is 13.8 Å². The van der Waals surface area contributed by atoms with Crippen LogP contribution in [-0.2, 0) is 28.5 Å². The lowest BCUT2D eigenvalue weighted by molar-refractivity contribution is -0.324. The van der Waals surface area contributed by atoms with Gasteiger partial charge in [0.15, 0.2) is 17.7 Å². The number of amides is 1. The summed E-state index contributed by atoms with van der Waals surface area (Å²) in [5, 5.41) is 3.06. The Morgan fingerprint density at radius 2 is 1.20 bits per heavy atom. The largest absolute Gasteiger partial charge is 0.355 e. The van der Waals surface area contributed by atoms with Crippen LogP contribution in [0.25, 0.3) is 79.8 Å². The molecule has 304 valence electrons. The number of hydrogen-bond acceptors (Lipinski definition) is 8. The van der Waals surface area contributed by atoms with Crippen molar-refractivity contribution in [2.45, 2.75) is 63.4 Å². The van der Waals surface area contributed by atoms with Gasteiger partial charge in [-0.15, -0.1) is 0 Å². The predicted octanol–water partition coefficient (Wildman–Crippen LogP) is 9.99. The predicted molar refractivity (Wildman–Crippen MR) is 236 cm³/mol. The second-order valence-electron chi connectivity index (χ2n) is 16.8. The average Bonchev–Trinajstić information content (AvgIpc) is 4.12. The van der Waals surface area contributed by atoms with Crippen molar-refractivity contribution in [3.05, 3.63) is 138 Å². The fraction of sp³-hybridized carbons (Fsp3) is 0.220. The van der Waals surface area contributed by atoms with Crippen LogP contribution in [0.5, 0.6) is 0 Å². The van der Waals surface area contributed by atoms with Crippen LogP contribution in [0.3, 0.4) is 0 Å². The van der Waals surface area contributed by atoms with Crippen molar-refractivity contribution in [2.24, 2.45) is 0 Å². The molecule has 61 heavy (non-hydrogen) atoms. The highest BCUT2D eigenvalue weighted by Gasteiger charge is 2.71. The first-order valence-electron chi connectivity index (χ1n) is 20.5. The van der Waals surface area contributed by atoms with Crippen molar-refractivity contribution in [3.63, 3.8) is 0 Å². The summed E-state index contributed by atoms with van der Waals surface area (Å²) in [6.07, 6.45) is 6.35. The zero-order valence-corrected chi connectivity index (χ0v) is 34.1. The van der Waals surface area contributed by atoms with Crippen molar-refractivity contribution in [1.82, 2.24) is 19.9 Å². The second kappa shape index (κ2) is 14.1. The highest BCUT2D eigenvalue weighted by molar-refractivity contribution is 6.00. The summed E-state index contributed by atoms with van der Waals surface area (Å²) in [6.45, 7) is 7.44. The Kier molecular flexibility index (Phi) is 8.64. The molecule has 1 amide bonds. The van der Waals surface area contributed by atoms with Gasteiger partial charge in [0.05, 0.1) is 29.4 Å². The van der Waals surface area contributed by atoms with E-state index in [1.165, 1.54) is 0 Å². The number of hydrogen-bond donors (Lipinski definition) is 3. The number of fused-ring (bicyclic) bond motifs is 11. The number of nitrogens with zero attached hydrogens (tertiary/aromatic N) is 2. The molecule has 5 aliphatic rings. The van der Waals surface area contributed by atoms with Crippen LogP contribution >= 0.6 is 0 Å². The third-order valence-corrected chi connectivity index (χ3v) is 11.6. The monoisotopic (exact) mass is 809 g/mol. The summed E-state index contributed by atoms with van der Waals surface area (Å²) in [5.74, 6) is -4.16. The van der Waals surface area contributed by atoms with Crippen molar-refractivity contribution < 1.29 is 28.5 Å². The molecule has 11 nitrogen and oxygen atoms in total. The van der Waals surface area contributed by atoms with Gasteiger partial charge in [-0.25, -0.2) is 9.97 Å². The van der Waals surface area contributed by atoms with E-state index in [-0.39, 0.29) is 6.61 Å². The first-order chi connectivity index (χ1) is 29.5. The Labute approximate surface area is 352 Å². The minimum absolute atomic E-state index is 0.242. The van der Waals surface area contributed by atoms with Gasteiger partial charge >= 0.3 is 0 Å². The number of carbonyl (C=O) groups is 1. The fourth-order valence-corrected chi connectivity index (χ4v) is 9.03. The molecule has 11 heteroatoms. The van der Waals surface area contributed by atoms with Gasteiger partial charge in [-0.3, -0.25) is 4.79 Å². The molecule has 8 bridgehead atoms. The van der Waals surface area contributed by atoms with Crippen LogP contribution in [0.2, 0.25) is 0 Å². The first-order valence-corrected chi connectivity index (χ1v) is 20.5. The van der Waals surface area contributed by atoms with E-state index in [0.29, 0.717) is 5.69 Å². The van der Waals surface area contributed by atoms with E-state index in [1.807, 2.05) is 80.6 Å². The zero-order valence-electron chi connectivity index (χ0n) is 34.1. The van der Waals surface area contributed by atoms with Gasteiger partial charge in [0.2, 0.25) is 0 Å². The van der Waals surface area contributed by atoms with Crippen molar-refractivity contribution in [3.8, 4) is 33.4 Å². The molecule has 3 fully saturated rings. The quantitative estimate of drug-likeness (QED) is 0.157. The highest BCUT2D eigenvalue weighted by atomic mass is 16.9. The maximum atomic E-state index is 14.3. The second-order valence-corrected chi connectivity index (χ2v) is 16.8. The molecule has 3 aromatic carbocycles. The third kappa shape index (κ3) is 6.62. The smallest absolute Gasteiger partial charge is 0.287 e. The van der Waals surface area contributed by atoms with Crippen LogP contribution in [0.4, 0.5) is 5.69 Å². The van der Waals surface area contributed by atoms with E-state index in [4.69, 9.17) is 33.7 Å². The molecule has 4 unspecified atom stereocenters. The van der Waals surface area contributed by atoms with Crippen LogP contribution in [0.1, 0.15) is 50.5 Å². The summed E-state index contributed by atoms with van der Waals surface area (Å²) in [6, 6.07) is 38.7. The van der Waals surface area contributed by atoms with Gasteiger partial charge in [0, 0.05) is 44.4 Å². The van der Waals surface area contributed by atoms with E-state index >= 15 is 0 Å². The third-order valence-electron chi connectivity index (χ3n) is 11.6. The molecule has 3 N–H and O–H groups in total. The molecular weight excluding hydrogens is 767 g/mol. The van der Waals surface area contributed by atoms with Crippen LogP contribution in [0, 0.1) is 0 Å². The molecule has 0 saturated carbocycles. The fourth-order valence-electron chi connectivity index (χ4n) is 9.03. The summed E-state index contributed by atoms with van der Waals surface area (Å²) >= 11 is 0. The first kappa shape index (κ1) is 37.5. The lowest BCUT2D eigenvalue weighted by Crippen LogP contribution is -2.53. The highest BCUT2D eigenvalue weighted by Crippen LogP contribution is 2.49. The van der Waals surface area contributed by atoms with Gasteiger partial charge in [-0.1, -0.05) is 72.8 Å². The minimum Gasteiger partial charge on any atom is -0.355 e. The molecule has 11 rings (SSSR count). The Morgan fingerprint density at radius 3 is 1.85 bits per heavy atom. The maximum Gasteiger partial charge on any atom is 0.287 e. The number of benzene rings is 3. The van der Waals surface area contributed by atoms with Crippen LogP contribution in [-0.4, -0.2) is 68.1 Å². The summed E-state index contributed by atoms with van der Waals surface area (Å²) in [7, 11) is 0. The Hall–Kier alpha value is -6.47. The number of H-pyrrole nitrogens is 2. The SMILES string of the molecule is CC1(C)OCC2OC3(C(=O)Nc4ccc(-c5c6nc(c(-c7ccccc7)c7ccc(cc8nc(c(-c9ccccc9)c9ccc5[nH]9)C=C8)[nH]7)C=C6)cc4)OC(C)(C)OC3C2O1. The Bertz CT molecular complexity index is 2910. The number of anilines is 1. The standard InChI is InChI=1S/C50H43N5O6/c1-48(2)57-28-41-45(59-48)46-50(58-41,61-49(3,4)60-46)47(56)53-32-17-15-31(16-18-32)44-39-25-23-37(54-39)42(29-11-7-5-8-12-29)35-21-19-33(51-35)27-34-20-22-36(52-34)43(30-13-9-6-10-14-30)38-24-26-40(44)55-38/h5-27,41,45-46,51,55H,28H2,1-4H3,(H,53,56). The van der Waals surface area contributed by atoms with Crippen LogP contribution in [0.15, 0.2) is 115 Å². The van der Waals surface area contributed by atoms with Crippen molar-refractivity contribution in [2.75, 3.05) is 11.9 Å². The summed E-state index contributed by atoms with van der Waals surface area (Å²) in [4.78, 5) is 32.2. The lowest BCUT2D eigenvalue weighted by atomic mass is 10.0. The summed E-state index contributed by atoms with van der Waals surface area (Å²) < 4.78 is 31.0. The minimum atomic E-state index is -1.73. The molecule has 0 aliphatic carbocycles. The molecule has 3 aromatic heterocycles. The Balaban J connectivity index is 1.06. The van der Waals surface area contributed by atoms with E-state index in [0.717, 1.165) is 78.2 Å². The number of rotatable bonds is 5. The topological polar surface area (TPSA) is 133 Å². The van der Waals surface area contributed by atoms with Gasteiger partial charge < -0.3 is 39.0 Å². The van der Waals surface area contributed by atoms with Crippen molar-refractivity contribution in [1.29, 1.82) is 0 Å². The average molecular weight is 810 g/mol. The molecule has 0 spiro atoms. The van der Waals surface area contributed by atoms with Crippen LogP contribution < -0.4 is 5.32 Å². The molecular formula is C50H43N5O6. The molecule has 5 aliphatic heterocycles. The number of aromatic nitrogens is 4. The number of nitrogens with one attached hydrogen (secondary N) is 3. The van der Waals surface area contributed by atoms with E-state index in [2.05, 4.69) is 88.1 Å². The maximum absolute atomic E-state index is 14.3. The molecule has 4 atom stereocenters. The van der Waals surface area contributed by atoms with Gasteiger partial charge in [0.1, 0.15) is 12.2 Å². The van der Waals surface area contributed by atoms with E-state index in [9.17, 15) is 4.79 Å². The van der Waals surface area contributed by atoms with Gasteiger partial charge in [-0.05, 0) is 111 Å². The molecule has 8 heterocycles. The van der Waals surface area contributed by atoms with E-state index < -0.39 is 41.6 Å². The normalized spacial score (nSPS) is 23.1. The number of carbonyl (C=O) groups excluding carboxylic acids is 1. The summed E-state index contributed by atoms with van der Waals surface area (Å²) in [5.41, 5.74) is 13.3. The molecule has 6 aromatic rings. The molecule has 0 radical (unpaired) electrons. The molecule has 3 saturated heterocycles. The van der Waals surface area contributed by atoms with Gasteiger partial charge in [-0.2, -0.15) is 0 Å². The Morgan fingerprint density at radius 1 is 0.623 bits per heavy atom. The van der Waals surface area contributed by atoms with Crippen molar-refractivity contribution >= 4 is 58.0 Å². The zero-order chi connectivity index (χ0) is 41.5. The van der Waals surface area contributed by atoms with Gasteiger partial charge in [0.25, 0.3) is 11.7 Å². The number of ether oxygens (including phenoxy) is 5. The number of aromatic amines is 2.